The third-order valence-corrected chi connectivity index (χ3v) is 4.63. The van der Waals surface area contributed by atoms with Gasteiger partial charge < -0.3 is 19.9 Å². The molecule has 1 aromatic rings. The van der Waals surface area contributed by atoms with Crippen LogP contribution in [0.2, 0.25) is 0 Å². The van der Waals surface area contributed by atoms with Gasteiger partial charge in [0.1, 0.15) is 13.2 Å². The monoisotopic (exact) mass is 291 g/mol. The summed E-state index contributed by atoms with van der Waals surface area (Å²) >= 11 is 0. The van der Waals surface area contributed by atoms with E-state index in [9.17, 15) is 5.11 Å². The molecule has 21 heavy (non-hydrogen) atoms. The van der Waals surface area contributed by atoms with Crippen LogP contribution in [0.3, 0.4) is 0 Å². The molecule has 0 amide bonds. The molecule has 4 nitrogen and oxygen atoms in total. The van der Waals surface area contributed by atoms with E-state index >= 15 is 0 Å². The second kappa shape index (κ2) is 6.24. The Morgan fingerprint density at radius 2 is 1.86 bits per heavy atom. The van der Waals surface area contributed by atoms with E-state index in [0.717, 1.165) is 17.1 Å². The normalized spacial score (nSPS) is 21.8. The topological polar surface area (TPSA) is 50.7 Å². The van der Waals surface area contributed by atoms with Gasteiger partial charge in [-0.2, -0.15) is 0 Å². The van der Waals surface area contributed by atoms with Gasteiger partial charge >= 0.3 is 0 Å². The van der Waals surface area contributed by atoms with Crippen molar-refractivity contribution < 1.29 is 14.6 Å². The van der Waals surface area contributed by atoms with Crippen molar-refractivity contribution in [3.63, 3.8) is 0 Å². The van der Waals surface area contributed by atoms with E-state index in [2.05, 4.69) is 12.2 Å². The zero-order chi connectivity index (χ0) is 14.7. The van der Waals surface area contributed by atoms with Crippen molar-refractivity contribution in [2.75, 3.05) is 19.8 Å². The van der Waals surface area contributed by atoms with Crippen LogP contribution in [0.5, 0.6) is 11.5 Å². The van der Waals surface area contributed by atoms with Crippen LogP contribution in [0.4, 0.5) is 0 Å². The molecule has 1 heterocycles. The Morgan fingerprint density at radius 1 is 1.14 bits per heavy atom. The predicted octanol–water partition coefficient (Wildman–Crippen LogP) is 2.80. The van der Waals surface area contributed by atoms with Crippen LogP contribution in [-0.2, 0) is 0 Å². The third kappa shape index (κ3) is 3.50. The minimum atomic E-state index is -0.514. The smallest absolute Gasteiger partial charge is 0.161 e. The highest BCUT2D eigenvalue weighted by atomic mass is 16.6. The molecular weight excluding hydrogens is 266 g/mol. The fraction of sp³-hybridized carbons (Fsp3) is 0.647. The van der Waals surface area contributed by atoms with Gasteiger partial charge in [0.05, 0.1) is 6.10 Å². The second-order valence-corrected chi connectivity index (χ2v) is 6.42. The highest BCUT2D eigenvalue weighted by Gasteiger charge is 2.27. The van der Waals surface area contributed by atoms with Crippen molar-refractivity contribution in [2.45, 2.75) is 50.7 Å². The van der Waals surface area contributed by atoms with Crippen molar-refractivity contribution in [1.82, 2.24) is 5.32 Å². The van der Waals surface area contributed by atoms with Gasteiger partial charge in [0.2, 0.25) is 0 Å². The maximum Gasteiger partial charge on any atom is 0.161 e. The van der Waals surface area contributed by atoms with E-state index in [4.69, 9.17) is 9.47 Å². The Labute approximate surface area is 126 Å². The first-order valence-electron chi connectivity index (χ1n) is 7.99. The summed E-state index contributed by atoms with van der Waals surface area (Å²) < 4.78 is 11.1. The summed E-state index contributed by atoms with van der Waals surface area (Å²) in [6, 6.07) is 5.70. The molecule has 0 aromatic heterocycles. The molecule has 1 saturated carbocycles. The summed E-state index contributed by atoms with van der Waals surface area (Å²) in [7, 11) is 0. The lowest BCUT2D eigenvalue weighted by atomic mass is 9.83. The number of ether oxygens (including phenoxy) is 2. The van der Waals surface area contributed by atoms with Crippen molar-refractivity contribution in [1.29, 1.82) is 0 Å². The number of hydrogen-bond donors (Lipinski definition) is 2. The average molecular weight is 291 g/mol. The Morgan fingerprint density at radius 3 is 2.62 bits per heavy atom. The fourth-order valence-electron chi connectivity index (χ4n) is 3.24. The zero-order valence-electron chi connectivity index (χ0n) is 12.7. The molecule has 0 bridgehead atoms. The summed E-state index contributed by atoms with van der Waals surface area (Å²) in [5.41, 5.74) is 1.05. The standard InChI is InChI=1S/C17H25NO3/c1-17(7-3-2-4-8-17)18-12-14(19)13-5-6-15-16(11-13)21-10-9-20-15/h5-6,11,14,18-19H,2-4,7-10,12H2,1H3. The van der Waals surface area contributed by atoms with Gasteiger partial charge in [0.25, 0.3) is 0 Å². The summed E-state index contributed by atoms with van der Waals surface area (Å²) in [6.07, 6.45) is 5.77. The molecule has 2 aliphatic rings. The van der Waals surface area contributed by atoms with Crippen LogP contribution >= 0.6 is 0 Å². The lowest BCUT2D eigenvalue weighted by Crippen LogP contribution is -2.45. The Kier molecular flexibility index (Phi) is 4.36. The van der Waals surface area contributed by atoms with E-state index in [1.165, 1.54) is 32.1 Å². The number of benzene rings is 1. The Hall–Kier alpha value is -1.26. The number of aliphatic hydroxyl groups excluding tert-OH is 1. The Balaban J connectivity index is 1.61. The highest BCUT2D eigenvalue weighted by Crippen LogP contribution is 2.33. The van der Waals surface area contributed by atoms with Crippen molar-refractivity contribution in [2.24, 2.45) is 0 Å². The lowest BCUT2D eigenvalue weighted by molar-refractivity contribution is 0.144. The molecule has 4 heteroatoms. The number of rotatable bonds is 4. The van der Waals surface area contributed by atoms with Crippen LogP contribution in [0.15, 0.2) is 18.2 Å². The first-order chi connectivity index (χ1) is 10.2. The second-order valence-electron chi connectivity index (χ2n) is 6.42. The SMILES string of the molecule is CC1(NCC(O)c2ccc3c(c2)OCCO3)CCCCC1. The van der Waals surface area contributed by atoms with Gasteiger partial charge in [0, 0.05) is 12.1 Å². The maximum atomic E-state index is 10.4. The van der Waals surface area contributed by atoms with Crippen LogP contribution in [-0.4, -0.2) is 30.4 Å². The number of nitrogens with one attached hydrogen (secondary N) is 1. The molecule has 116 valence electrons. The third-order valence-electron chi connectivity index (χ3n) is 4.63. The minimum Gasteiger partial charge on any atom is -0.486 e. The molecule has 3 rings (SSSR count). The van der Waals surface area contributed by atoms with E-state index in [0.29, 0.717) is 19.8 Å². The van der Waals surface area contributed by atoms with Gasteiger partial charge in [0.15, 0.2) is 11.5 Å². The number of β-amino-alcohol motifs (C(OH)–C–C–N with tert-alkyl or cyclic N) is 1. The molecular formula is C17H25NO3. The fourth-order valence-corrected chi connectivity index (χ4v) is 3.24. The molecule has 2 N–H and O–H groups in total. The molecule has 0 radical (unpaired) electrons. The molecule has 1 atom stereocenters. The summed E-state index contributed by atoms with van der Waals surface area (Å²) in [6.45, 7) is 4.01. The summed E-state index contributed by atoms with van der Waals surface area (Å²) in [4.78, 5) is 0. The first kappa shape index (κ1) is 14.7. The molecule has 1 fully saturated rings. The van der Waals surface area contributed by atoms with Crippen LogP contribution in [0, 0.1) is 0 Å². The molecule has 0 saturated heterocycles. The van der Waals surface area contributed by atoms with Gasteiger partial charge in [-0.3, -0.25) is 0 Å². The van der Waals surface area contributed by atoms with E-state index < -0.39 is 6.10 Å². The van der Waals surface area contributed by atoms with Gasteiger partial charge in [-0.15, -0.1) is 0 Å². The van der Waals surface area contributed by atoms with Gasteiger partial charge in [-0.05, 0) is 37.5 Å². The zero-order valence-corrected chi connectivity index (χ0v) is 12.7. The summed E-state index contributed by atoms with van der Waals surface area (Å²) in [5, 5.41) is 14.0. The largest absolute Gasteiger partial charge is 0.486 e. The van der Waals surface area contributed by atoms with Crippen molar-refractivity contribution in [3.05, 3.63) is 23.8 Å². The van der Waals surface area contributed by atoms with E-state index in [1.807, 2.05) is 18.2 Å². The maximum absolute atomic E-state index is 10.4. The van der Waals surface area contributed by atoms with Crippen LogP contribution in [0.25, 0.3) is 0 Å². The quantitative estimate of drug-likeness (QED) is 0.895. The molecule has 1 aliphatic heterocycles. The van der Waals surface area contributed by atoms with E-state index in [-0.39, 0.29) is 5.54 Å². The molecule has 1 aliphatic carbocycles. The number of fused-ring (bicyclic) bond motifs is 1. The van der Waals surface area contributed by atoms with Gasteiger partial charge in [-0.1, -0.05) is 25.3 Å². The van der Waals surface area contributed by atoms with Crippen molar-refractivity contribution >= 4 is 0 Å². The highest BCUT2D eigenvalue weighted by molar-refractivity contribution is 5.44. The van der Waals surface area contributed by atoms with Crippen molar-refractivity contribution in [3.8, 4) is 11.5 Å². The summed E-state index contributed by atoms with van der Waals surface area (Å²) in [5.74, 6) is 1.51. The molecule has 1 aromatic carbocycles. The van der Waals surface area contributed by atoms with E-state index in [1.54, 1.807) is 0 Å². The predicted molar refractivity (Wildman–Crippen MR) is 81.9 cm³/mol. The first-order valence-corrected chi connectivity index (χ1v) is 7.99. The van der Waals surface area contributed by atoms with Crippen LogP contribution < -0.4 is 14.8 Å². The molecule has 0 spiro atoms. The van der Waals surface area contributed by atoms with Gasteiger partial charge in [-0.25, -0.2) is 0 Å². The number of hydrogen-bond acceptors (Lipinski definition) is 4. The average Bonchev–Trinajstić information content (AvgIpc) is 2.53. The van der Waals surface area contributed by atoms with Crippen LogP contribution in [0.1, 0.15) is 50.7 Å². The lowest BCUT2D eigenvalue weighted by Gasteiger charge is -2.35. The number of aliphatic hydroxyl groups is 1. The minimum absolute atomic E-state index is 0.174. The molecule has 1 unspecified atom stereocenters. The Bertz CT molecular complexity index is 483.